The molecule has 0 unspecified atom stereocenters. The van der Waals surface area contributed by atoms with E-state index in [-0.39, 0.29) is 17.5 Å². The van der Waals surface area contributed by atoms with Crippen LogP contribution in [0.5, 0.6) is 0 Å². The zero-order valence-corrected chi connectivity index (χ0v) is 13.9. The summed E-state index contributed by atoms with van der Waals surface area (Å²) in [6.07, 6.45) is 4.85. The molecule has 1 aromatic rings. The quantitative estimate of drug-likeness (QED) is 0.468. The first-order valence-corrected chi connectivity index (χ1v) is 7.99. The minimum Gasteiger partial charge on any atom is -0.466 e. The number of aromatic nitrogens is 1. The minimum atomic E-state index is -0.612. The van der Waals surface area contributed by atoms with E-state index >= 15 is 0 Å². The van der Waals surface area contributed by atoms with Crippen molar-refractivity contribution in [3.63, 3.8) is 0 Å². The van der Waals surface area contributed by atoms with Gasteiger partial charge in [0, 0.05) is 23.3 Å². The maximum Gasteiger partial charge on any atom is 0.313 e. The highest BCUT2D eigenvalue weighted by Crippen LogP contribution is 2.40. The molecular weight excluding hydrogens is 354 g/mol. The molecule has 0 aliphatic heterocycles. The highest BCUT2D eigenvalue weighted by Gasteiger charge is 2.42. The van der Waals surface area contributed by atoms with Crippen LogP contribution in [-0.2, 0) is 9.53 Å². The summed E-state index contributed by atoms with van der Waals surface area (Å²) in [5, 5.41) is 14.1. The summed E-state index contributed by atoms with van der Waals surface area (Å²) in [5.74, 6) is -0.0662. The smallest absolute Gasteiger partial charge is 0.313 e. The molecule has 22 heavy (non-hydrogen) atoms. The van der Waals surface area contributed by atoms with E-state index in [0.29, 0.717) is 17.6 Å². The first kappa shape index (κ1) is 16.7. The van der Waals surface area contributed by atoms with Gasteiger partial charge in [0.05, 0.1) is 16.9 Å². The summed E-state index contributed by atoms with van der Waals surface area (Å²) < 4.78 is 5.71. The lowest BCUT2D eigenvalue weighted by molar-refractivity contribution is -0.384. The molecule has 7 nitrogen and oxygen atoms in total. The fourth-order valence-corrected chi connectivity index (χ4v) is 3.07. The largest absolute Gasteiger partial charge is 0.466 e. The molecule has 8 heteroatoms. The van der Waals surface area contributed by atoms with Gasteiger partial charge in [-0.1, -0.05) is 12.8 Å². The molecule has 0 saturated heterocycles. The molecule has 120 valence electrons. The second-order valence-corrected chi connectivity index (χ2v) is 6.26. The second-order valence-electron chi connectivity index (χ2n) is 5.34. The Hall–Kier alpha value is -1.70. The number of ether oxygens (including phenoxy) is 1. The number of pyridine rings is 1. The first-order chi connectivity index (χ1) is 10.5. The highest BCUT2D eigenvalue weighted by atomic mass is 79.9. The van der Waals surface area contributed by atoms with Gasteiger partial charge in [-0.2, -0.15) is 0 Å². The second kappa shape index (κ2) is 7.04. The monoisotopic (exact) mass is 371 g/mol. The van der Waals surface area contributed by atoms with E-state index in [1.165, 1.54) is 12.3 Å². The Labute approximate surface area is 136 Å². The van der Waals surface area contributed by atoms with Gasteiger partial charge in [-0.25, -0.2) is 4.98 Å². The van der Waals surface area contributed by atoms with Gasteiger partial charge >= 0.3 is 11.7 Å². The third-order valence-corrected chi connectivity index (χ3v) is 4.33. The third-order valence-electron chi connectivity index (χ3n) is 3.89. The summed E-state index contributed by atoms with van der Waals surface area (Å²) in [6, 6.07) is 1.39. The predicted molar refractivity (Wildman–Crippen MR) is 84.6 cm³/mol. The van der Waals surface area contributed by atoms with Gasteiger partial charge < -0.3 is 10.1 Å². The van der Waals surface area contributed by atoms with Gasteiger partial charge in [-0.15, -0.1) is 0 Å². The number of carbonyl (C=O) groups excluding carboxylic acids is 1. The predicted octanol–water partition coefficient (Wildman–Crippen LogP) is 3.29. The number of rotatable bonds is 6. The van der Waals surface area contributed by atoms with Gasteiger partial charge in [0.15, 0.2) is 0 Å². The number of anilines is 1. The van der Waals surface area contributed by atoms with Gasteiger partial charge in [0.1, 0.15) is 0 Å². The number of halogens is 1. The topological polar surface area (TPSA) is 94.4 Å². The van der Waals surface area contributed by atoms with Gasteiger partial charge in [0.25, 0.3) is 0 Å². The Balaban J connectivity index is 2.17. The average Bonchev–Trinajstić information content (AvgIpc) is 2.96. The van der Waals surface area contributed by atoms with Crippen LogP contribution < -0.4 is 5.32 Å². The van der Waals surface area contributed by atoms with Crippen LogP contribution in [0.15, 0.2) is 16.7 Å². The van der Waals surface area contributed by atoms with E-state index in [0.717, 1.165) is 25.7 Å². The zero-order valence-electron chi connectivity index (χ0n) is 12.3. The molecule has 1 fully saturated rings. The van der Waals surface area contributed by atoms with Crippen molar-refractivity contribution in [2.45, 2.75) is 32.6 Å². The maximum absolute atomic E-state index is 12.2. The number of nitrogens with one attached hydrogen (secondary N) is 1. The summed E-state index contributed by atoms with van der Waals surface area (Å²) in [7, 11) is 0. The third kappa shape index (κ3) is 3.55. The van der Waals surface area contributed by atoms with E-state index < -0.39 is 10.3 Å². The van der Waals surface area contributed by atoms with Gasteiger partial charge in [0.2, 0.25) is 5.82 Å². The SMILES string of the molecule is CCOC(=O)C1(CNc2ncc(Br)cc2[N+](=O)[O-])CCCC1. The Bertz CT molecular complexity index is 573. The van der Waals surface area contributed by atoms with Crippen LogP contribution in [0, 0.1) is 15.5 Å². The van der Waals surface area contributed by atoms with E-state index in [2.05, 4.69) is 26.2 Å². The number of hydrogen-bond acceptors (Lipinski definition) is 6. The lowest BCUT2D eigenvalue weighted by Crippen LogP contribution is -2.37. The van der Waals surface area contributed by atoms with Crippen LogP contribution >= 0.6 is 15.9 Å². The van der Waals surface area contributed by atoms with Crippen LogP contribution in [0.4, 0.5) is 11.5 Å². The summed E-state index contributed by atoms with van der Waals surface area (Å²) in [5.41, 5.74) is -0.732. The number of esters is 1. The van der Waals surface area contributed by atoms with E-state index in [9.17, 15) is 14.9 Å². The molecule has 1 saturated carbocycles. The van der Waals surface area contributed by atoms with E-state index in [4.69, 9.17) is 4.74 Å². The Morgan fingerprint density at radius 2 is 2.23 bits per heavy atom. The maximum atomic E-state index is 12.2. The number of nitro groups is 1. The zero-order chi connectivity index (χ0) is 16.2. The molecule has 0 spiro atoms. The van der Waals surface area contributed by atoms with Crippen molar-refractivity contribution in [3.05, 3.63) is 26.9 Å². The number of nitrogens with zero attached hydrogens (tertiary/aromatic N) is 2. The number of hydrogen-bond donors (Lipinski definition) is 1. The lowest BCUT2D eigenvalue weighted by Gasteiger charge is -2.26. The van der Waals surface area contributed by atoms with Crippen molar-refractivity contribution in [2.75, 3.05) is 18.5 Å². The standard InChI is InChI=1S/C14H18BrN3O4/c1-2-22-13(19)14(5-3-4-6-14)9-17-12-11(18(20)21)7-10(15)8-16-12/h7-8H,2-6,9H2,1H3,(H,16,17). The molecule has 1 aromatic heterocycles. The molecule has 1 heterocycles. The summed E-state index contributed by atoms with van der Waals surface area (Å²) in [6.45, 7) is 2.40. The fourth-order valence-electron chi connectivity index (χ4n) is 2.75. The van der Waals surface area contributed by atoms with Crippen molar-refractivity contribution in [1.82, 2.24) is 4.98 Å². The Morgan fingerprint density at radius 1 is 1.55 bits per heavy atom. The van der Waals surface area contributed by atoms with E-state index in [1.54, 1.807) is 6.92 Å². The molecular formula is C14H18BrN3O4. The molecule has 0 aromatic carbocycles. The molecule has 1 N–H and O–H groups in total. The van der Waals surface area contributed by atoms with Crippen LogP contribution in [-0.4, -0.2) is 29.0 Å². The summed E-state index contributed by atoms with van der Waals surface area (Å²) >= 11 is 3.17. The van der Waals surface area contributed by atoms with Crippen LogP contribution in [0.3, 0.4) is 0 Å². The first-order valence-electron chi connectivity index (χ1n) is 7.19. The molecule has 0 amide bonds. The van der Waals surface area contributed by atoms with Crippen LogP contribution in [0.25, 0.3) is 0 Å². The summed E-state index contributed by atoms with van der Waals surface area (Å²) in [4.78, 5) is 26.9. The van der Waals surface area contributed by atoms with Crippen molar-refractivity contribution >= 4 is 33.4 Å². The van der Waals surface area contributed by atoms with Crippen molar-refractivity contribution in [1.29, 1.82) is 0 Å². The molecule has 0 bridgehead atoms. The van der Waals surface area contributed by atoms with E-state index in [1.807, 2.05) is 0 Å². The van der Waals surface area contributed by atoms with Crippen LogP contribution in [0.1, 0.15) is 32.6 Å². The molecule has 0 atom stereocenters. The molecule has 2 rings (SSSR count). The highest BCUT2D eigenvalue weighted by molar-refractivity contribution is 9.10. The van der Waals surface area contributed by atoms with Crippen molar-refractivity contribution < 1.29 is 14.5 Å². The lowest BCUT2D eigenvalue weighted by atomic mass is 9.86. The molecule has 1 aliphatic carbocycles. The Kier molecular flexibility index (Phi) is 5.33. The van der Waals surface area contributed by atoms with Crippen molar-refractivity contribution in [2.24, 2.45) is 5.41 Å². The molecule has 1 aliphatic rings. The number of carbonyl (C=O) groups is 1. The average molecular weight is 372 g/mol. The van der Waals surface area contributed by atoms with Gasteiger partial charge in [-0.05, 0) is 35.7 Å². The normalized spacial score (nSPS) is 16.3. The van der Waals surface area contributed by atoms with Gasteiger partial charge in [-0.3, -0.25) is 14.9 Å². The molecule has 0 radical (unpaired) electrons. The van der Waals surface area contributed by atoms with Crippen LogP contribution in [0.2, 0.25) is 0 Å². The van der Waals surface area contributed by atoms with Crippen molar-refractivity contribution in [3.8, 4) is 0 Å². The fraction of sp³-hybridized carbons (Fsp3) is 0.571. The minimum absolute atomic E-state index is 0.119. The Morgan fingerprint density at radius 3 is 2.82 bits per heavy atom.